The summed E-state index contributed by atoms with van der Waals surface area (Å²) in [6, 6.07) is 17.3. The fraction of sp³-hybridized carbons (Fsp3) is 0.0435. The summed E-state index contributed by atoms with van der Waals surface area (Å²) in [4.78, 5) is 50.0. The minimum absolute atomic E-state index is 0.177. The fourth-order valence-corrected chi connectivity index (χ4v) is 3.32. The van der Waals surface area contributed by atoms with Crippen molar-refractivity contribution in [3.05, 3.63) is 100 Å². The number of ketones is 2. The molecule has 142 valence electrons. The highest BCUT2D eigenvalue weighted by molar-refractivity contribution is 6.30. The van der Waals surface area contributed by atoms with Crippen LogP contribution < -0.4 is 5.32 Å². The molecular formula is C23H15NO5. The van der Waals surface area contributed by atoms with E-state index >= 15 is 0 Å². The van der Waals surface area contributed by atoms with Crippen LogP contribution in [0.5, 0.6) is 0 Å². The predicted octanol–water partition coefficient (Wildman–Crippen LogP) is 3.50. The lowest BCUT2D eigenvalue weighted by Crippen LogP contribution is -2.23. The minimum atomic E-state index is -0.503. The van der Waals surface area contributed by atoms with E-state index in [0.29, 0.717) is 22.3 Å². The number of fused-ring (bicyclic) bond motifs is 2. The van der Waals surface area contributed by atoms with E-state index in [1.165, 1.54) is 31.4 Å². The maximum absolute atomic E-state index is 13.0. The van der Waals surface area contributed by atoms with E-state index in [-0.39, 0.29) is 28.4 Å². The minimum Gasteiger partial charge on any atom is -0.465 e. The van der Waals surface area contributed by atoms with Crippen molar-refractivity contribution >= 4 is 29.1 Å². The molecule has 6 heteroatoms. The molecular weight excluding hydrogens is 370 g/mol. The van der Waals surface area contributed by atoms with Gasteiger partial charge in [0.15, 0.2) is 11.6 Å². The molecule has 0 aromatic heterocycles. The maximum Gasteiger partial charge on any atom is 0.337 e. The number of rotatable bonds is 3. The Bertz CT molecular complexity index is 1180. The van der Waals surface area contributed by atoms with Crippen molar-refractivity contribution in [1.82, 2.24) is 0 Å². The quantitative estimate of drug-likeness (QED) is 0.545. The number of hydrogen-bond acceptors (Lipinski definition) is 5. The number of nitrogens with one attached hydrogen (secondary N) is 1. The van der Waals surface area contributed by atoms with Crippen molar-refractivity contribution < 1.29 is 23.9 Å². The molecule has 0 unspecified atom stereocenters. The summed E-state index contributed by atoms with van der Waals surface area (Å²) in [7, 11) is 1.28. The van der Waals surface area contributed by atoms with Gasteiger partial charge in [0.25, 0.3) is 5.91 Å². The van der Waals surface area contributed by atoms with Gasteiger partial charge in [-0.05, 0) is 30.3 Å². The number of ether oxygens (including phenoxy) is 1. The number of carbonyl (C=O) groups excluding carboxylic acids is 4. The molecule has 0 fully saturated rings. The third-order valence-corrected chi connectivity index (χ3v) is 4.77. The topological polar surface area (TPSA) is 89.5 Å². The summed E-state index contributed by atoms with van der Waals surface area (Å²) in [5.41, 5.74) is 1.98. The SMILES string of the molecule is COC(=O)c1ccc(C(=O)Nc2cccc3c2C(=O)c2ccccc2C3=O)cc1. The van der Waals surface area contributed by atoms with E-state index in [1.807, 2.05) is 0 Å². The Hall–Kier alpha value is -4.06. The first kappa shape index (κ1) is 18.3. The van der Waals surface area contributed by atoms with E-state index in [1.54, 1.807) is 42.5 Å². The van der Waals surface area contributed by atoms with E-state index in [0.717, 1.165) is 0 Å². The van der Waals surface area contributed by atoms with Crippen LogP contribution >= 0.6 is 0 Å². The molecule has 1 aliphatic carbocycles. The van der Waals surface area contributed by atoms with Crippen molar-refractivity contribution in [1.29, 1.82) is 0 Å². The van der Waals surface area contributed by atoms with Crippen molar-refractivity contribution in [2.45, 2.75) is 0 Å². The molecule has 4 rings (SSSR count). The zero-order valence-electron chi connectivity index (χ0n) is 15.4. The molecule has 0 heterocycles. The Morgan fingerprint density at radius 3 is 1.97 bits per heavy atom. The van der Waals surface area contributed by atoms with Crippen LogP contribution in [0.15, 0.2) is 66.7 Å². The van der Waals surface area contributed by atoms with E-state index in [4.69, 9.17) is 0 Å². The number of amides is 1. The van der Waals surface area contributed by atoms with Gasteiger partial charge in [-0.1, -0.05) is 36.4 Å². The van der Waals surface area contributed by atoms with Crippen LogP contribution in [0.1, 0.15) is 52.6 Å². The number of benzene rings is 3. The number of hydrogen-bond donors (Lipinski definition) is 1. The Kier molecular flexibility index (Phi) is 4.52. The molecule has 0 saturated carbocycles. The summed E-state index contributed by atoms with van der Waals surface area (Å²) in [5.74, 6) is -1.54. The largest absolute Gasteiger partial charge is 0.465 e. The molecule has 6 nitrogen and oxygen atoms in total. The van der Waals surface area contributed by atoms with Crippen molar-refractivity contribution in [2.75, 3.05) is 12.4 Å². The van der Waals surface area contributed by atoms with Gasteiger partial charge in [0.05, 0.1) is 23.9 Å². The van der Waals surface area contributed by atoms with Crippen molar-refractivity contribution in [2.24, 2.45) is 0 Å². The Morgan fingerprint density at radius 2 is 1.31 bits per heavy atom. The summed E-state index contributed by atoms with van der Waals surface area (Å²) >= 11 is 0. The highest BCUT2D eigenvalue weighted by atomic mass is 16.5. The Morgan fingerprint density at radius 1 is 0.724 bits per heavy atom. The first-order chi connectivity index (χ1) is 14.0. The summed E-state index contributed by atoms with van der Waals surface area (Å²) in [6.45, 7) is 0. The molecule has 1 aliphatic rings. The fourth-order valence-electron chi connectivity index (χ4n) is 3.32. The van der Waals surface area contributed by atoms with Gasteiger partial charge in [0, 0.05) is 22.3 Å². The van der Waals surface area contributed by atoms with Gasteiger partial charge >= 0.3 is 5.97 Å². The summed E-state index contributed by atoms with van der Waals surface area (Å²) in [6.07, 6.45) is 0. The number of methoxy groups -OCH3 is 1. The van der Waals surface area contributed by atoms with Gasteiger partial charge in [0.1, 0.15) is 0 Å². The molecule has 0 saturated heterocycles. The highest BCUT2D eigenvalue weighted by Crippen LogP contribution is 2.32. The van der Waals surface area contributed by atoms with Crippen molar-refractivity contribution in [3.63, 3.8) is 0 Å². The van der Waals surface area contributed by atoms with Gasteiger partial charge in [-0.15, -0.1) is 0 Å². The van der Waals surface area contributed by atoms with Crippen molar-refractivity contribution in [3.8, 4) is 0 Å². The average molecular weight is 385 g/mol. The first-order valence-corrected chi connectivity index (χ1v) is 8.82. The Labute approximate surface area is 166 Å². The second-order valence-corrected chi connectivity index (χ2v) is 6.46. The normalized spacial score (nSPS) is 12.0. The van der Waals surface area contributed by atoms with Gasteiger partial charge < -0.3 is 10.1 Å². The second-order valence-electron chi connectivity index (χ2n) is 6.46. The number of anilines is 1. The van der Waals surface area contributed by atoms with Crippen LogP contribution in [0.4, 0.5) is 5.69 Å². The van der Waals surface area contributed by atoms with Crippen LogP contribution in [0.2, 0.25) is 0 Å². The molecule has 3 aromatic rings. The van der Waals surface area contributed by atoms with Crippen LogP contribution in [0.3, 0.4) is 0 Å². The molecule has 0 atom stereocenters. The van der Waals surface area contributed by atoms with E-state index in [9.17, 15) is 19.2 Å². The molecule has 0 radical (unpaired) electrons. The summed E-state index contributed by atoms with van der Waals surface area (Å²) < 4.78 is 4.64. The van der Waals surface area contributed by atoms with Gasteiger partial charge in [-0.25, -0.2) is 4.79 Å². The van der Waals surface area contributed by atoms with Crippen LogP contribution in [0, 0.1) is 0 Å². The average Bonchev–Trinajstić information content (AvgIpc) is 2.77. The molecule has 1 N–H and O–H groups in total. The third kappa shape index (κ3) is 3.10. The third-order valence-electron chi connectivity index (χ3n) is 4.77. The first-order valence-electron chi connectivity index (χ1n) is 8.82. The molecule has 0 bridgehead atoms. The van der Waals surface area contributed by atoms with Gasteiger partial charge in [-0.3, -0.25) is 14.4 Å². The molecule has 3 aromatic carbocycles. The lowest BCUT2D eigenvalue weighted by molar-refractivity contribution is 0.0600. The molecule has 0 aliphatic heterocycles. The number of esters is 1. The molecule has 0 spiro atoms. The highest BCUT2D eigenvalue weighted by Gasteiger charge is 2.31. The Balaban J connectivity index is 1.67. The monoisotopic (exact) mass is 385 g/mol. The van der Waals surface area contributed by atoms with Crippen LogP contribution in [-0.2, 0) is 4.74 Å². The zero-order chi connectivity index (χ0) is 20.5. The van der Waals surface area contributed by atoms with E-state index in [2.05, 4.69) is 10.1 Å². The van der Waals surface area contributed by atoms with E-state index < -0.39 is 11.9 Å². The van der Waals surface area contributed by atoms with Gasteiger partial charge in [-0.2, -0.15) is 0 Å². The van der Waals surface area contributed by atoms with Crippen LogP contribution in [0.25, 0.3) is 0 Å². The standard InChI is InChI=1S/C23H15NO5/c1-29-23(28)14-11-9-13(10-12-14)22(27)24-18-8-4-7-17-19(18)21(26)16-6-3-2-5-15(16)20(17)25/h2-12H,1H3,(H,24,27). The predicted molar refractivity (Wildman–Crippen MR) is 105 cm³/mol. The number of carbonyl (C=O) groups is 4. The smallest absolute Gasteiger partial charge is 0.337 e. The molecule has 1 amide bonds. The maximum atomic E-state index is 13.0. The molecule has 29 heavy (non-hydrogen) atoms. The summed E-state index contributed by atoms with van der Waals surface area (Å²) in [5, 5.41) is 2.70. The lowest BCUT2D eigenvalue weighted by Gasteiger charge is -2.20. The van der Waals surface area contributed by atoms with Gasteiger partial charge in [0.2, 0.25) is 0 Å². The zero-order valence-corrected chi connectivity index (χ0v) is 15.4. The van der Waals surface area contributed by atoms with Crippen LogP contribution in [-0.4, -0.2) is 30.6 Å². The lowest BCUT2D eigenvalue weighted by atomic mass is 9.83. The second kappa shape index (κ2) is 7.16.